The van der Waals surface area contributed by atoms with Crippen LogP contribution in [0, 0.1) is 0 Å². The molecule has 1 N–H and O–H groups in total. The van der Waals surface area contributed by atoms with Gasteiger partial charge in [-0.25, -0.2) is 0 Å². The van der Waals surface area contributed by atoms with Crippen molar-refractivity contribution in [2.75, 3.05) is 53.0 Å². The average Bonchev–Trinajstić information content (AvgIpc) is 2.33. The summed E-state index contributed by atoms with van der Waals surface area (Å²) in [7, 11) is 1.74. The van der Waals surface area contributed by atoms with Crippen LogP contribution < -0.4 is 0 Å². The molecule has 5 heteroatoms. The van der Waals surface area contributed by atoms with Crippen LogP contribution in [0.25, 0.3) is 0 Å². The molecule has 1 saturated heterocycles. The van der Waals surface area contributed by atoms with Crippen molar-refractivity contribution in [2.24, 2.45) is 0 Å². The van der Waals surface area contributed by atoms with E-state index in [-0.39, 0.29) is 6.42 Å². The number of carboxylic acid groups (broad SMARTS) is 1. The number of aliphatic carboxylic acids is 1. The lowest BCUT2D eigenvalue weighted by Gasteiger charge is -2.34. The van der Waals surface area contributed by atoms with Gasteiger partial charge in [0.1, 0.15) is 0 Å². The SMILES string of the molecule is COCCCCN1CCN(CCC(=O)O)CC1. The Hall–Kier alpha value is -0.650. The highest BCUT2D eigenvalue weighted by atomic mass is 16.5. The minimum Gasteiger partial charge on any atom is -0.481 e. The minimum atomic E-state index is -0.702. The van der Waals surface area contributed by atoms with Gasteiger partial charge >= 0.3 is 5.97 Å². The summed E-state index contributed by atoms with van der Waals surface area (Å²) >= 11 is 0. The topological polar surface area (TPSA) is 53.0 Å². The zero-order chi connectivity index (χ0) is 12.5. The molecule has 0 radical (unpaired) electrons. The van der Waals surface area contributed by atoms with Crippen LogP contribution in [0.2, 0.25) is 0 Å². The highest BCUT2D eigenvalue weighted by Gasteiger charge is 2.16. The molecular formula is C12H24N2O3. The van der Waals surface area contributed by atoms with Crippen LogP contribution in [0.4, 0.5) is 0 Å². The molecule has 100 valence electrons. The van der Waals surface area contributed by atoms with Crippen LogP contribution in [-0.4, -0.2) is 73.9 Å². The number of rotatable bonds is 8. The number of carboxylic acids is 1. The predicted octanol–water partition coefficient (Wildman–Crippen LogP) is 0.505. The molecule has 0 spiro atoms. The van der Waals surface area contributed by atoms with E-state index < -0.39 is 5.97 Å². The first-order valence-electron chi connectivity index (χ1n) is 6.38. The van der Waals surface area contributed by atoms with Gasteiger partial charge < -0.3 is 19.6 Å². The number of piperazine rings is 1. The van der Waals surface area contributed by atoms with E-state index in [9.17, 15) is 4.79 Å². The van der Waals surface area contributed by atoms with E-state index in [2.05, 4.69) is 9.80 Å². The number of nitrogens with zero attached hydrogens (tertiary/aromatic N) is 2. The van der Waals surface area contributed by atoms with Gasteiger partial charge in [0, 0.05) is 46.4 Å². The molecule has 1 aliphatic rings. The third kappa shape index (κ3) is 6.61. The zero-order valence-electron chi connectivity index (χ0n) is 10.7. The summed E-state index contributed by atoms with van der Waals surface area (Å²) in [5, 5.41) is 8.61. The minimum absolute atomic E-state index is 0.258. The van der Waals surface area contributed by atoms with Crippen molar-refractivity contribution in [3.05, 3.63) is 0 Å². The van der Waals surface area contributed by atoms with Crippen LogP contribution in [0.3, 0.4) is 0 Å². The van der Waals surface area contributed by atoms with E-state index in [1.165, 1.54) is 6.42 Å². The largest absolute Gasteiger partial charge is 0.481 e. The van der Waals surface area contributed by atoms with Gasteiger partial charge in [0.2, 0.25) is 0 Å². The molecule has 1 aliphatic heterocycles. The Labute approximate surface area is 103 Å². The summed E-state index contributed by atoms with van der Waals surface area (Å²) in [6, 6.07) is 0. The summed E-state index contributed by atoms with van der Waals surface area (Å²) in [4.78, 5) is 15.1. The molecule has 0 aromatic rings. The second-order valence-electron chi connectivity index (χ2n) is 4.53. The van der Waals surface area contributed by atoms with Crippen molar-refractivity contribution in [1.29, 1.82) is 0 Å². The van der Waals surface area contributed by atoms with E-state index in [0.717, 1.165) is 45.8 Å². The van der Waals surface area contributed by atoms with Gasteiger partial charge in [0.05, 0.1) is 6.42 Å². The van der Waals surface area contributed by atoms with Crippen molar-refractivity contribution in [1.82, 2.24) is 9.80 Å². The first kappa shape index (κ1) is 14.4. The number of unbranched alkanes of at least 4 members (excludes halogenated alkanes) is 1. The highest BCUT2D eigenvalue weighted by molar-refractivity contribution is 5.66. The molecule has 0 saturated carbocycles. The van der Waals surface area contributed by atoms with E-state index in [4.69, 9.17) is 9.84 Å². The molecule has 0 amide bonds. The Morgan fingerprint density at radius 2 is 1.71 bits per heavy atom. The Balaban J connectivity index is 2.03. The molecule has 0 aromatic heterocycles. The normalized spacial score (nSPS) is 18.4. The lowest BCUT2D eigenvalue weighted by atomic mass is 10.2. The Morgan fingerprint density at radius 3 is 2.24 bits per heavy atom. The quantitative estimate of drug-likeness (QED) is 0.630. The third-order valence-corrected chi connectivity index (χ3v) is 3.18. The second kappa shape index (κ2) is 8.44. The fourth-order valence-electron chi connectivity index (χ4n) is 2.07. The van der Waals surface area contributed by atoms with Gasteiger partial charge in [-0.1, -0.05) is 0 Å². The number of hydrogen-bond donors (Lipinski definition) is 1. The van der Waals surface area contributed by atoms with Crippen LogP contribution in [0.5, 0.6) is 0 Å². The van der Waals surface area contributed by atoms with E-state index >= 15 is 0 Å². The van der Waals surface area contributed by atoms with Crippen molar-refractivity contribution in [3.63, 3.8) is 0 Å². The van der Waals surface area contributed by atoms with Crippen LogP contribution >= 0.6 is 0 Å². The maximum atomic E-state index is 10.5. The van der Waals surface area contributed by atoms with E-state index in [1.54, 1.807) is 7.11 Å². The maximum Gasteiger partial charge on any atom is 0.304 e. The van der Waals surface area contributed by atoms with Crippen LogP contribution in [0.15, 0.2) is 0 Å². The van der Waals surface area contributed by atoms with Crippen molar-refractivity contribution in [3.8, 4) is 0 Å². The van der Waals surface area contributed by atoms with Crippen LogP contribution in [0.1, 0.15) is 19.3 Å². The predicted molar refractivity (Wildman–Crippen MR) is 66.2 cm³/mol. The first-order valence-corrected chi connectivity index (χ1v) is 6.38. The molecular weight excluding hydrogens is 220 g/mol. The smallest absolute Gasteiger partial charge is 0.304 e. The van der Waals surface area contributed by atoms with Crippen molar-refractivity contribution < 1.29 is 14.6 Å². The molecule has 0 aromatic carbocycles. The van der Waals surface area contributed by atoms with E-state index in [1.807, 2.05) is 0 Å². The summed E-state index contributed by atoms with van der Waals surface area (Å²) < 4.78 is 5.02. The first-order chi connectivity index (χ1) is 8.22. The number of ether oxygens (including phenoxy) is 1. The Kier molecular flexibility index (Phi) is 7.16. The summed E-state index contributed by atoms with van der Waals surface area (Å²) in [6.45, 7) is 6.79. The summed E-state index contributed by atoms with van der Waals surface area (Å²) in [5.74, 6) is -0.702. The molecule has 1 heterocycles. The summed E-state index contributed by atoms with van der Waals surface area (Å²) in [5.41, 5.74) is 0. The second-order valence-corrected chi connectivity index (χ2v) is 4.53. The standard InChI is InChI=1S/C12H24N2O3/c1-17-11-3-2-5-13-7-9-14(10-8-13)6-4-12(15)16/h2-11H2,1H3,(H,15,16). The van der Waals surface area contributed by atoms with E-state index in [0.29, 0.717) is 6.54 Å². The molecule has 1 fully saturated rings. The average molecular weight is 244 g/mol. The van der Waals surface area contributed by atoms with Crippen LogP contribution in [-0.2, 0) is 9.53 Å². The monoisotopic (exact) mass is 244 g/mol. The fraction of sp³-hybridized carbons (Fsp3) is 0.917. The molecule has 17 heavy (non-hydrogen) atoms. The molecule has 0 unspecified atom stereocenters. The van der Waals surface area contributed by atoms with Gasteiger partial charge in [-0.3, -0.25) is 4.79 Å². The van der Waals surface area contributed by atoms with Crippen molar-refractivity contribution >= 4 is 5.97 Å². The third-order valence-electron chi connectivity index (χ3n) is 3.18. The molecule has 5 nitrogen and oxygen atoms in total. The van der Waals surface area contributed by atoms with Gasteiger partial charge in [0.15, 0.2) is 0 Å². The van der Waals surface area contributed by atoms with Gasteiger partial charge in [-0.2, -0.15) is 0 Å². The van der Waals surface area contributed by atoms with Gasteiger partial charge in [-0.05, 0) is 19.4 Å². The fourth-order valence-corrected chi connectivity index (χ4v) is 2.07. The lowest BCUT2D eigenvalue weighted by Crippen LogP contribution is -2.47. The maximum absolute atomic E-state index is 10.5. The number of hydrogen-bond acceptors (Lipinski definition) is 4. The molecule has 0 atom stereocenters. The summed E-state index contributed by atoms with van der Waals surface area (Å²) in [6.07, 6.45) is 2.56. The molecule has 0 aliphatic carbocycles. The van der Waals surface area contributed by atoms with Crippen molar-refractivity contribution in [2.45, 2.75) is 19.3 Å². The van der Waals surface area contributed by atoms with Gasteiger partial charge in [-0.15, -0.1) is 0 Å². The Morgan fingerprint density at radius 1 is 1.12 bits per heavy atom. The highest BCUT2D eigenvalue weighted by Crippen LogP contribution is 2.04. The molecule has 1 rings (SSSR count). The lowest BCUT2D eigenvalue weighted by molar-refractivity contribution is -0.137. The zero-order valence-corrected chi connectivity index (χ0v) is 10.7. The van der Waals surface area contributed by atoms with Gasteiger partial charge in [0.25, 0.3) is 0 Å². The molecule has 0 bridgehead atoms. The number of carbonyl (C=O) groups is 1. The number of methoxy groups -OCH3 is 1. The Bertz CT molecular complexity index is 216.